The van der Waals surface area contributed by atoms with Crippen molar-refractivity contribution in [2.24, 2.45) is 0 Å². The van der Waals surface area contributed by atoms with Gasteiger partial charge in [-0.1, -0.05) is 6.07 Å². The highest BCUT2D eigenvalue weighted by molar-refractivity contribution is 5.90. The molecule has 0 aliphatic carbocycles. The minimum atomic E-state index is -0.954. The van der Waals surface area contributed by atoms with Gasteiger partial charge < -0.3 is 9.84 Å². The second-order valence-corrected chi connectivity index (χ2v) is 3.98. The first-order valence-electron chi connectivity index (χ1n) is 5.51. The first-order chi connectivity index (χ1) is 8.59. The molecule has 0 saturated heterocycles. The third-order valence-electron chi connectivity index (χ3n) is 2.70. The summed E-state index contributed by atoms with van der Waals surface area (Å²) in [5.74, 6) is 0.268. The van der Waals surface area contributed by atoms with Gasteiger partial charge in [0.1, 0.15) is 11.5 Å². The molecule has 0 radical (unpaired) electrons. The topological polar surface area (TPSA) is 59.4 Å². The minimum Gasteiger partial charge on any atom is -0.478 e. The van der Waals surface area contributed by atoms with Gasteiger partial charge in [-0.25, -0.2) is 4.79 Å². The molecule has 18 heavy (non-hydrogen) atoms. The molecule has 1 heterocycles. The molecular formula is C14H13NO3. The fourth-order valence-electron chi connectivity index (χ4n) is 1.65. The highest BCUT2D eigenvalue weighted by atomic mass is 16.5. The smallest absolute Gasteiger partial charge is 0.336 e. The second kappa shape index (κ2) is 4.87. The van der Waals surface area contributed by atoms with Crippen LogP contribution in [0.1, 0.15) is 21.5 Å². The van der Waals surface area contributed by atoms with E-state index in [1.165, 1.54) is 0 Å². The number of hydrogen-bond acceptors (Lipinski definition) is 3. The molecule has 0 spiro atoms. The lowest BCUT2D eigenvalue weighted by Gasteiger charge is -2.11. The summed E-state index contributed by atoms with van der Waals surface area (Å²) in [4.78, 5) is 15.0. The summed E-state index contributed by atoms with van der Waals surface area (Å²) in [6.07, 6.45) is 3.34. The van der Waals surface area contributed by atoms with Crippen LogP contribution in [-0.2, 0) is 0 Å². The quantitative estimate of drug-likeness (QED) is 0.899. The maximum atomic E-state index is 11.0. The Morgan fingerprint density at radius 1 is 1.22 bits per heavy atom. The molecule has 0 bridgehead atoms. The van der Waals surface area contributed by atoms with E-state index in [0.717, 1.165) is 5.56 Å². The molecule has 4 heteroatoms. The summed E-state index contributed by atoms with van der Waals surface area (Å²) in [5, 5.41) is 9.05. The van der Waals surface area contributed by atoms with Crippen LogP contribution in [0.3, 0.4) is 0 Å². The molecule has 0 aliphatic rings. The molecule has 0 unspecified atom stereocenters. The molecule has 1 aromatic heterocycles. The Labute approximate surface area is 105 Å². The average Bonchev–Trinajstić information content (AvgIpc) is 2.34. The zero-order chi connectivity index (χ0) is 13.1. The molecule has 1 N–H and O–H groups in total. The van der Waals surface area contributed by atoms with Crippen molar-refractivity contribution in [3.63, 3.8) is 0 Å². The third kappa shape index (κ3) is 2.32. The van der Waals surface area contributed by atoms with Crippen LogP contribution < -0.4 is 4.74 Å². The Hall–Kier alpha value is -2.36. The zero-order valence-corrected chi connectivity index (χ0v) is 10.2. The van der Waals surface area contributed by atoms with Crippen molar-refractivity contribution in [2.75, 3.05) is 0 Å². The molecule has 0 fully saturated rings. The fourth-order valence-corrected chi connectivity index (χ4v) is 1.65. The Bertz CT molecular complexity index is 593. The largest absolute Gasteiger partial charge is 0.478 e. The Kier molecular flexibility index (Phi) is 3.28. The number of pyridine rings is 1. The number of rotatable bonds is 3. The predicted molar refractivity (Wildman–Crippen MR) is 67.2 cm³/mol. The maximum Gasteiger partial charge on any atom is 0.336 e. The Balaban J connectivity index is 2.39. The van der Waals surface area contributed by atoms with E-state index in [9.17, 15) is 4.79 Å². The van der Waals surface area contributed by atoms with E-state index in [1.54, 1.807) is 43.6 Å². The molecule has 0 aliphatic heterocycles. The van der Waals surface area contributed by atoms with E-state index in [-0.39, 0.29) is 5.56 Å². The fraction of sp³-hybridized carbons (Fsp3) is 0.143. The van der Waals surface area contributed by atoms with Crippen molar-refractivity contribution in [3.8, 4) is 11.5 Å². The second-order valence-electron chi connectivity index (χ2n) is 3.98. The van der Waals surface area contributed by atoms with Crippen LogP contribution in [0, 0.1) is 13.8 Å². The van der Waals surface area contributed by atoms with Crippen molar-refractivity contribution in [1.82, 2.24) is 4.98 Å². The molecule has 2 aromatic rings. The van der Waals surface area contributed by atoms with Gasteiger partial charge in [-0.05, 0) is 32.0 Å². The average molecular weight is 243 g/mol. The van der Waals surface area contributed by atoms with Crippen LogP contribution in [0.4, 0.5) is 0 Å². The van der Waals surface area contributed by atoms with Gasteiger partial charge in [0.15, 0.2) is 0 Å². The number of nitrogens with zero attached hydrogens (tertiary/aromatic N) is 1. The van der Waals surface area contributed by atoms with Gasteiger partial charge in [-0.3, -0.25) is 4.98 Å². The number of aromatic nitrogens is 1. The van der Waals surface area contributed by atoms with Gasteiger partial charge in [0.05, 0.1) is 5.56 Å². The van der Waals surface area contributed by atoms with Crippen LogP contribution >= 0.6 is 0 Å². The van der Waals surface area contributed by atoms with Gasteiger partial charge >= 0.3 is 5.97 Å². The number of carboxylic acids is 1. The monoisotopic (exact) mass is 243 g/mol. The SMILES string of the molecule is Cc1cnccc1Oc1cccc(C(=O)O)c1C. The molecule has 0 amide bonds. The molecule has 92 valence electrons. The van der Waals surface area contributed by atoms with Gasteiger partial charge in [-0.15, -0.1) is 0 Å². The van der Waals surface area contributed by atoms with Gasteiger partial charge in [0.2, 0.25) is 0 Å². The Morgan fingerprint density at radius 3 is 2.67 bits per heavy atom. The summed E-state index contributed by atoms with van der Waals surface area (Å²) in [7, 11) is 0. The van der Waals surface area contributed by atoms with Crippen LogP contribution in [0.25, 0.3) is 0 Å². The number of aromatic carboxylic acids is 1. The number of carbonyl (C=O) groups is 1. The lowest BCUT2D eigenvalue weighted by molar-refractivity contribution is 0.0695. The third-order valence-corrected chi connectivity index (χ3v) is 2.70. The van der Waals surface area contributed by atoms with Crippen molar-refractivity contribution >= 4 is 5.97 Å². The first-order valence-corrected chi connectivity index (χ1v) is 5.51. The molecule has 2 rings (SSSR count). The van der Waals surface area contributed by atoms with E-state index in [0.29, 0.717) is 17.1 Å². The van der Waals surface area contributed by atoms with Gasteiger partial charge in [0.25, 0.3) is 0 Å². The maximum absolute atomic E-state index is 11.0. The highest BCUT2D eigenvalue weighted by Gasteiger charge is 2.12. The normalized spacial score (nSPS) is 10.1. The summed E-state index contributed by atoms with van der Waals surface area (Å²) in [6, 6.07) is 6.73. The number of benzene rings is 1. The van der Waals surface area contributed by atoms with E-state index >= 15 is 0 Å². The van der Waals surface area contributed by atoms with Crippen molar-refractivity contribution < 1.29 is 14.6 Å². The molecule has 0 atom stereocenters. The van der Waals surface area contributed by atoms with E-state index < -0.39 is 5.97 Å². The number of aryl methyl sites for hydroxylation is 1. The van der Waals surface area contributed by atoms with Crippen molar-refractivity contribution in [3.05, 3.63) is 53.3 Å². The van der Waals surface area contributed by atoms with Crippen LogP contribution in [-0.4, -0.2) is 16.1 Å². The summed E-state index contributed by atoms with van der Waals surface area (Å²) >= 11 is 0. The summed E-state index contributed by atoms with van der Waals surface area (Å²) < 4.78 is 5.73. The highest BCUT2D eigenvalue weighted by Crippen LogP contribution is 2.28. The Morgan fingerprint density at radius 2 is 2.00 bits per heavy atom. The summed E-state index contributed by atoms with van der Waals surface area (Å²) in [6.45, 7) is 3.62. The molecule has 1 aromatic carbocycles. The lowest BCUT2D eigenvalue weighted by atomic mass is 10.1. The minimum absolute atomic E-state index is 0.249. The molecular weight excluding hydrogens is 230 g/mol. The van der Waals surface area contributed by atoms with Crippen molar-refractivity contribution in [2.45, 2.75) is 13.8 Å². The first kappa shape index (κ1) is 12.1. The van der Waals surface area contributed by atoms with Crippen LogP contribution in [0.2, 0.25) is 0 Å². The van der Waals surface area contributed by atoms with Crippen LogP contribution in [0.15, 0.2) is 36.7 Å². The van der Waals surface area contributed by atoms with E-state index in [1.807, 2.05) is 6.92 Å². The van der Waals surface area contributed by atoms with Gasteiger partial charge in [-0.2, -0.15) is 0 Å². The van der Waals surface area contributed by atoms with E-state index in [4.69, 9.17) is 9.84 Å². The van der Waals surface area contributed by atoms with E-state index in [2.05, 4.69) is 4.98 Å². The zero-order valence-electron chi connectivity index (χ0n) is 10.2. The summed E-state index contributed by atoms with van der Waals surface area (Å²) in [5.41, 5.74) is 1.76. The number of hydrogen-bond donors (Lipinski definition) is 1. The number of carboxylic acid groups (broad SMARTS) is 1. The predicted octanol–water partition coefficient (Wildman–Crippen LogP) is 3.19. The lowest BCUT2D eigenvalue weighted by Crippen LogP contribution is -2.01. The van der Waals surface area contributed by atoms with Crippen molar-refractivity contribution in [1.29, 1.82) is 0 Å². The number of ether oxygens (including phenoxy) is 1. The molecule has 4 nitrogen and oxygen atoms in total. The molecule has 0 saturated carbocycles. The standard InChI is InChI=1S/C14H13NO3/c1-9-8-15-7-6-12(9)18-13-5-3-4-11(10(13)2)14(16)17/h3-8H,1-2H3,(H,16,17). The van der Waals surface area contributed by atoms with Gasteiger partial charge in [0, 0.05) is 23.5 Å². The van der Waals surface area contributed by atoms with Crippen LogP contribution in [0.5, 0.6) is 11.5 Å².